The van der Waals surface area contributed by atoms with Crippen molar-refractivity contribution in [2.24, 2.45) is 5.92 Å². The van der Waals surface area contributed by atoms with Gasteiger partial charge in [0.2, 0.25) is 5.91 Å². The Morgan fingerprint density at radius 3 is 2.63 bits per heavy atom. The number of aryl methyl sites for hydroxylation is 1. The minimum Gasteiger partial charge on any atom is -0.497 e. The van der Waals surface area contributed by atoms with E-state index in [4.69, 9.17) is 21.1 Å². The van der Waals surface area contributed by atoms with Gasteiger partial charge in [-0.2, -0.15) is 0 Å². The molecule has 10 nitrogen and oxygen atoms in total. The SMILES string of the molecule is COc1ccc([Si](C)(C)[C@H]2[C@H](CCn3cc(CCO)nn3)O[C@@]3(C(=O)N(Cc4cccc(N5CCCCC5=O)c4)c4ccc(Cl)cc43)[C@@H]2C)cc1. The lowest BCUT2D eigenvalue weighted by molar-refractivity contribution is -0.146. The molecule has 2 saturated heterocycles. The first-order valence-corrected chi connectivity index (χ1v) is 21.4. The molecule has 12 heteroatoms. The Balaban J connectivity index is 1.26. The molecule has 0 radical (unpaired) electrons. The zero-order valence-electron chi connectivity index (χ0n) is 29.7. The number of aliphatic hydroxyl groups is 1. The first-order chi connectivity index (χ1) is 24.6. The van der Waals surface area contributed by atoms with E-state index in [0.29, 0.717) is 43.9 Å². The van der Waals surface area contributed by atoms with Crippen molar-refractivity contribution >= 4 is 48.1 Å². The maximum atomic E-state index is 15.2. The minimum atomic E-state index is -2.34. The number of amides is 2. The Bertz CT molecular complexity index is 1920. The highest BCUT2D eigenvalue weighted by molar-refractivity contribution is 6.91. The van der Waals surface area contributed by atoms with E-state index in [0.717, 1.165) is 46.8 Å². The standard InChI is InChI=1S/C39H46ClN5O5Si/c1-26-37(51(3,4)32-14-12-31(49-2)13-15-32)35(17-20-43-25-29(18-21-46)41-42-43)50-39(26)33-23-28(40)11-16-34(33)45(38(39)48)24-27-8-7-9-30(22-27)44-19-6-5-10-36(44)47/h7-9,11-16,22-23,25-26,35,37,46H,5-6,10,17-21,24H2,1-4H3/t26-,35+,37-,39+/m1/s1. The van der Waals surface area contributed by atoms with Gasteiger partial charge in [0.25, 0.3) is 5.91 Å². The molecule has 0 bridgehead atoms. The van der Waals surface area contributed by atoms with E-state index in [1.54, 1.807) is 11.8 Å². The molecule has 2 fully saturated rings. The summed E-state index contributed by atoms with van der Waals surface area (Å²) in [6, 6.07) is 22.0. The lowest BCUT2D eigenvalue weighted by atomic mass is 9.82. The van der Waals surface area contributed by atoms with Crippen LogP contribution in [0.5, 0.6) is 5.75 Å². The number of halogens is 1. The Morgan fingerprint density at radius 2 is 1.88 bits per heavy atom. The van der Waals surface area contributed by atoms with E-state index in [1.165, 1.54) is 5.19 Å². The van der Waals surface area contributed by atoms with Crippen molar-refractivity contribution in [3.05, 3.63) is 94.8 Å². The Kier molecular flexibility index (Phi) is 9.83. The number of nitrogens with zero attached hydrogens (tertiary/aromatic N) is 5. The Morgan fingerprint density at radius 1 is 1.08 bits per heavy atom. The zero-order chi connectivity index (χ0) is 35.9. The predicted octanol–water partition coefficient (Wildman–Crippen LogP) is 5.84. The van der Waals surface area contributed by atoms with Crippen LogP contribution in [0.15, 0.2) is 72.9 Å². The number of anilines is 2. The van der Waals surface area contributed by atoms with E-state index < -0.39 is 13.7 Å². The van der Waals surface area contributed by atoms with Crippen LogP contribution in [0.3, 0.4) is 0 Å². The fourth-order valence-electron chi connectivity index (χ4n) is 8.73. The molecule has 268 valence electrons. The molecule has 51 heavy (non-hydrogen) atoms. The number of rotatable bonds is 11. The van der Waals surface area contributed by atoms with Gasteiger partial charge in [-0.3, -0.25) is 14.3 Å². The van der Waals surface area contributed by atoms with Crippen LogP contribution in [0.1, 0.15) is 49.4 Å². The van der Waals surface area contributed by atoms with Crippen LogP contribution in [-0.2, 0) is 39.4 Å². The summed E-state index contributed by atoms with van der Waals surface area (Å²) < 4.78 is 14.5. The molecular formula is C39H46ClN5O5Si. The second-order valence-corrected chi connectivity index (χ2v) is 19.7. The normalized spacial score (nSPS) is 23.4. The van der Waals surface area contributed by atoms with Gasteiger partial charge in [-0.05, 0) is 72.8 Å². The molecule has 4 atom stereocenters. The summed E-state index contributed by atoms with van der Waals surface area (Å²) in [7, 11) is -0.671. The maximum Gasteiger partial charge on any atom is 0.264 e. The summed E-state index contributed by atoms with van der Waals surface area (Å²) >= 11 is 6.70. The summed E-state index contributed by atoms with van der Waals surface area (Å²) in [6.45, 7) is 8.50. The molecule has 4 heterocycles. The Hall–Kier alpha value is -4.03. The van der Waals surface area contributed by atoms with Gasteiger partial charge >= 0.3 is 0 Å². The number of aliphatic hydroxyl groups excluding tert-OH is 1. The number of hydrogen-bond acceptors (Lipinski definition) is 7. The third-order valence-corrected chi connectivity index (χ3v) is 15.9. The molecule has 3 aromatic carbocycles. The smallest absolute Gasteiger partial charge is 0.264 e. The number of ether oxygens (including phenoxy) is 2. The number of methoxy groups -OCH3 is 1. The summed E-state index contributed by atoms with van der Waals surface area (Å²) in [5, 5.41) is 19.8. The fourth-order valence-corrected chi connectivity index (χ4v) is 13.0. The summed E-state index contributed by atoms with van der Waals surface area (Å²) in [4.78, 5) is 31.7. The van der Waals surface area contributed by atoms with Crippen LogP contribution in [0.4, 0.5) is 11.4 Å². The van der Waals surface area contributed by atoms with Crippen LogP contribution < -0.4 is 19.7 Å². The average molecular weight is 728 g/mol. The quantitative estimate of drug-likeness (QED) is 0.193. The van der Waals surface area contributed by atoms with Gasteiger partial charge in [0.15, 0.2) is 5.60 Å². The number of carbonyl (C=O) groups excluding carboxylic acids is 2. The molecule has 3 aliphatic rings. The van der Waals surface area contributed by atoms with E-state index in [-0.39, 0.29) is 36.0 Å². The fraction of sp³-hybridized carbons (Fsp3) is 0.436. The van der Waals surface area contributed by atoms with E-state index >= 15 is 4.79 Å². The van der Waals surface area contributed by atoms with E-state index in [9.17, 15) is 9.90 Å². The molecule has 4 aromatic rings. The molecular weight excluding hydrogens is 682 g/mol. The average Bonchev–Trinajstić information content (AvgIpc) is 3.77. The number of piperidine rings is 1. The topological polar surface area (TPSA) is 110 Å². The van der Waals surface area contributed by atoms with Crippen molar-refractivity contribution in [2.45, 2.75) is 82.5 Å². The monoisotopic (exact) mass is 727 g/mol. The highest BCUT2D eigenvalue weighted by Crippen LogP contribution is 2.60. The largest absolute Gasteiger partial charge is 0.497 e. The van der Waals surface area contributed by atoms with Crippen molar-refractivity contribution in [3.8, 4) is 5.75 Å². The first kappa shape index (κ1) is 35.4. The highest BCUT2D eigenvalue weighted by Gasteiger charge is 2.66. The maximum absolute atomic E-state index is 15.2. The lowest BCUT2D eigenvalue weighted by Crippen LogP contribution is -2.51. The number of aromatic nitrogens is 3. The molecule has 1 aromatic heterocycles. The molecule has 3 aliphatic heterocycles. The van der Waals surface area contributed by atoms with Crippen molar-refractivity contribution in [2.75, 3.05) is 30.1 Å². The first-order valence-electron chi connectivity index (χ1n) is 17.9. The van der Waals surface area contributed by atoms with Gasteiger partial charge in [-0.15, -0.1) is 5.10 Å². The van der Waals surface area contributed by atoms with Crippen molar-refractivity contribution in [1.29, 1.82) is 0 Å². The third kappa shape index (κ3) is 6.39. The van der Waals surface area contributed by atoms with Gasteiger partial charge in [0.1, 0.15) is 5.75 Å². The van der Waals surface area contributed by atoms with Gasteiger partial charge in [-0.1, -0.05) is 66.3 Å². The van der Waals surface area contributed by atoms with Crippen LogP contribution in [0.2, 0.25) is 23.7 Å². The second-order valence-electron chi connectivity index (χ2n) is 14.6. The molecule has 1 spiro atoms. The number of hydrogen-bond donors (Lipinski definition) is 1. The lowest BCUT2D eigenvalue weighted by Gasteiger charge is -2.37. The molecule has 1 N–H and O–H groups in total. The predicted molar refractivity (Wildman–Crippen MR) is 200 cm³/mol. The molecule has 2 amide bonds. The number of benzene rings is 3. The minimum absolute atomic E-state index is 0.00937. The number of fused-ring (bicyclic) bond motifs is 2. The highest BCUT2D eigenvalue weighted by atomic mass is 35.5. The van der Waals surface area contributed by atoms with Crippen LogP contribution in [0, 0.1) is 5.92 Å². The summed E-state index contributed by atoms with van der Waals surface area (Å²) in [5.41, 5.74) is 2.94. The zero-order valence-corrected chi connectivity index (χ0v) is 31.5. The summed E-state index contributed by atoms with van der Waals surface area (Å²) in [6.07, 6.45) is 5.12. The van der Waals surface area contributed by atoms with Crippen molar-refractivity contribution in [1.82, 2.24) is 15.0 Å². The third-order valence-electron chi connectivity index (χ3n) is 11.3. The molecule has 0 aliphatic carbocycles. The van der Waals surface area contributed by atoms with Crippen LogP contribution in [0.25, 0.3) is 0 Å². The van der Waals surface area contributed by atoms with E-state index in [2.05, 4.69) is 42.5 Å². The second kappa shape index (κ2) is 14.2. The number of carbonyl (C=O) groups is 2. The van der Waals surface area contributed by atoms with Crippen molar-refractivity contribution in [3.63, 3.8) is 0 Å². The van der Waals surface area contributed by atoms with Gasteiger partial charge in [0.05, 0.1) is 39.2 Å². The summed E-state index contributed by atoms with van der Waals surface area (Å²) in [5.74, 6) is 0.666. The van der Waals surface area contributed by atoms with Gasteiger partial charge < -0.3 is 24.4 Å². The van der Waals surface area contributed by atoms with Crippen LogP contribution in [-0.4, -0.2) is 66.4 Å². The molecule has 7 rings (SSSR count). The van der Waals surface area contributed by atoms with Crippen LogP contribution >= 0.6 is 11.6 Å². The molecule has 0 unspecified atom stereocenters. The van der Waals surface area contributed by atoms with Crippen molar-refractivity contribution < 1.29 is 24.2 Å². The molecule has 0 saturated carbocycles. The Labute approximate surface area is 305 Å². The van der Waals surface area contributed by atoms with E-state index in [1.807, 2.05) is 70.6 Å². The van der Waals surface area contributed by atoms with Gasteiger partial charge in [0, 0.05) is 60.9 Å². The van der Waals surface area contributed by atoms with Gasteiger partial charge in [-0.25, -0.2) is 0 Å².